The number of hydrogen-bond acceptors (Lipinski definition) is 6. The van der Waals surface area contributed by atoms with Gasteiger partial charge in [0.15, 0.2) is 11.5 Å². The summed E-state index contributed by atoms with van der Waals surface area (Å²) < 4.78 is 1.51. The Kier molecular flexibility index (Phi) is 2.35. The second-order valence-electron chi connectivity index (χ2n) is 4.46. The maximum atomic E-state index is 11.3. The molecule has 94 valence electrons. The van der Waals surface area contributed by atoms with Crippen molar-refractivity contribution >= 4 is 17.4 Å². The van der Waals surface area contributed by atoms with Crippen LogP contribution in [-0.4, -0.2) is 48.7 Å². The lowest BCUT2D eigenvalue weighted by molar-refractivity contribution is -0.139. The molecule has 18 heavy (non-hydrogen) atoms. The molecule has 8 nitrogen and oxygen atoms in total. The Morgan fingerprint density at radius 3 is 3.11 bits per heavy atom. The zero-order valence-corrected chi connectivity index (χ0v) is 9.76. The van der Waals surface area contributed by atoms with Crippen molar-refractivity contribution in [1.82, 2.24) is 25.0 Å². The van der Waals surface area contributed by atoms with Crippen molar-refractivity contribution in [3.8, 4) is 0 Å². The molecule has 2 aromatic heterocycles. The van der Waals surface area contributed by atoms with E-state index in [-0.39, 0.29) is 5.92 Å². The van der Waals surface area contributed by atoms with Crippen LogP contribution in [0.15, 0.2) is 12.4 Å². The number of carboxylic acid groups (broad SMARTS) is 1. The number of nitrogens with zero attached hydrogens (tertiary/aromatic N) is 6. The van der Waals surface area contributed by atoms with Gasteiger partial charge in [0.25, 0.3) is 0 Å². The molecule has 0 aromatic carbocycles. The fourth-order valence-corrected chi connectivity index (χ4v) is 2.44. The van der Waals surface area contributed by atoms with Crippen molar-refractivity contribution in [2.24, 2.45) is 5.92 Å². The third kappa shape index (κ3) is 1.49. The summed E-state index contributed by atoms with van der Waals surface area (Å²) in [5.74, 6) is -0.117. The molecule has 8 heteroatoms. The monoisotopic (exact) mass is 248 g/mol. The molecule has 2 unspecified atom stereocenters. The molecule has 2 aromatic rings. The van der Waals surface area contributed by atoms with Crippen LogP contribution in [0.1, 0.15) is 13.3 Å². The number of carbonyl (C=O) groups is 1. The van der Waals surface area contributed by atoms with Gasteiger partial charge in [0.05, 0.1) is 12.4 Å². The molecule has 0 bridgehead atoms. The highest BCUT2D eigenvalue weighted by Crippen LogP contribution is 2.29. The Balaban J connectivity index is 2.09. The van der Waals surface area contributed by atoms with Crippen molar-refractivity contribution in [3.05, 3.63) is 12.4 Å². The number of anilines is 1. The quantitative estimate of drug-likeness (QED) is 0.787. The van der Waals surface area contributed by atoms with Crippen LogP contribution in [0.25, 0.3) is 5.65 Å². The van der Waals surface area contributed by atoms with Crippen LogP contribution in [0.4, 0.5) is 5.82 Å². The molecule has 1 saturated heterocycles. The predicted molar refractivity (Wildman–Crippen MR) is 61.1 cm³/mol. The van der Waals surface area contributed by atoms with E-state index >= 15 is 0 Å². The Bertz CT molecular complexity index is 597. The summed E-state index contributed by atoms with van der Waals surface area (Å²) in [7, 11) is 0. The average molecular weight is 248 g/mol. The zero-order valence-electron chi connectivity index (χ0n) is 9.76. The van der Waals surface area contributed by atoms with Crippen LogP contribution in [-0.2, 0) is 4.79 Å². The van der Waals surface area contributed by atoms with E-state index in [0.717, 1.165) is 6.42 Å². The lowest BCUT2D eigenvalue weighted by Gasteiger charge is -2.24. The molecule has 1 aliphatic heterocycles. The van der Waals surface area contributed by atoms with E-state index in [0.29, 0.717) is 18.0 Å². The summed E-state index contributed by atoms with van der Waals surface area (Å²) in [6.07, 6.45) is 3.96. The van der Waals surface area contributed by atoms with Crippen LogP contribution in [0, 0.1) is 5.92 Å². The van der Waals surface area contributed by atoms with Crippen molar-refractivity contribution in [2.75, 3.05) is 11.4 Å². The first kappa shape index (κ1) is 10.9. The molecule has 0 saturated carbocycles. The summed E-state index contributed by atoms with van der Waals surface area (Å²) >= 11 is 0. The summed E-state index contributed by atoms with van der Waals surface area (Å²) in [5, 5.41) is 20.6. The van der Waals surface area contributed by atoms with Gasteiger partial charge in [-0.3, -0.25) is 4.98 Å². The fourth-order valence-electron chi connectivity index (χ4n) is 2.44. The second-order valence-corrected chi connectivity index (χ2v) is 4.46. The topological polar surface area (TPSA) is 96.5 Å². The van der Waals surface area contributed by atoms with E-state index in [2.05, 4.69) is 20.5 Å². The van der Waals surface area contributed by atoms with Crippen molar-refractivity contribution < 1.29 is 9.90 Å². The molecule has 1 fully saturated rings. The standard InChI is InChI=1S/C10H12N6O2/c1-6-2-3-15(9(6)10(17)18)8-5-11-4-7-12-13-14-16(7)8/h4-6,9H,2-3H2,1H3,(H,17,18). The van der Waals surface area contributed by atoms with E-state index in [4.69, 9.17) is 0 Å². The van der Waals surface area contributed by atoms with E-state index in [1.807, 2.05) is 6.92 Å². The Morgan fingerprint density at radius 2 is 2.33 bits per heavy atom. The first-order valence-electron chi connectivity index (χ1n) is 5.70. The summed E-state index contributed by atoms with van der Waals surface area (Å²) in [5.41, 5.74) is 0.510. The third-order valence-electron chi connectivity index (χ3n) is 3.34. The van der Waals surface area contributed by atoms with E-state index < -0.39 is 12.0 Å². The van der Waals surface area contributed by atoms with Crippen LogP contribution in [0.2, 0.25) is 0 Å². The number of hydrogen-bond donors (Lipinski definition) is 1. The number of aromatic nitrogens is 5. The molecule has 0 amide bonds. The highest BCUT2D eigenvalue weighted by molar-refractivity contribution is 5.79. The molecular weight excluding hydrogens is 236 g/mol. The molecule has 3 rings (SSSR count). The molecule has 1 N–H and O–H groups in total. The summed E-state index contributed by atoms with van der Waals surface area (Å²) in [4.78, 5) is 17.2. The molecule has 0 aliphatic carbocycles. The number of tetrazole rings is 1. The minimum absolute atomic E-state index is 0.0919. The molecule has 1 aliphatic rings. The first-order valence-corrected chi connectivity index (χ1v) is 5.70. The van der Waals surface area contributed by atoms with Gasteiger partial charge in [0.2, 0.25) is 0 Å². The predicted octanol–water partition coefficient (Wildman–Crippen LogP) is -0.181. The highest BCUT2D eigenvalue weighted by Gasteiger charge is 2.38. The summed E-state index contributed by atoms with van der Waals surface area (Å²) in [6.45, 7) is 2.60. The van der Waals surface area contributed by atoms with Gasteiger partial charge < -0.3 is 10.0 Å². The Morgan fingerprint density at radius 1 is 1.50 bits per heavy atom. The summed E-state index contributed by atoms with van der Waals surface area (Å²) in [6, 6.07) is -0.554. The zero-order chi connectivity index (χ0) is 12.7. The van der Waals surface area contributed by atoms with Crippen LogP contribution < -0.4 is 4.90 Å². The van der Waals surface area contributed by atoms with Crippen LogP contribution in [0.5, 0.6) is 0 Å². The number of rotatable bonds is 2. The molecule has 0 spiro atoms. The van der Waals surface area contributed by atoms with Gasteiger partial charge in [0.1, 0.15) is 6.04 Å². The first-order chi connectivity index (χ1) is 8.68. The number of fused-ring (bicyclic) bond motifs is 1. The van der Waals surface area contributed by atoms with Gasteiger partial charge in [-0.15, -0.1) is 5.10 Å². The number of aliphatic carboxylic acids is 1. The maximum Gasteiger partial charge on any atom is 0.326 e. The molecule has 2 atom stereocenters. The van der Waals surface area contributed by atoms with E-state index in [9.17, 15) is 9.90 Å². The maximum absolute atomic E-state index is 11.3. The van der Waals surface area contributed by atoms with Crippen molar-refractivity contribution in [3.63, 3.8) is 0 Å². The average Bonchev–Trinajstić information content (AvgIpc) is 2.94. The largest absolute Gasteiger partial charge is 0.480 e. The minimum Gasteiger partial charge on any atom is -0.480 e. The SMILES string of the molecule is CC1CCN(c2cncc3nnnn23)C1C(=O)O. The van der Waals surface area contributed by atoms with Crippen LogP contribution >= 0.6 is 0 Å². The van der Waals surface area contributed by atoms with Gasteiger partial charge in [-0.25, -0.2) is 4.79 Å². The van der Waals surface area contributed by atoms with Gasteiger partial charge in [-0.05, 0) is 22.8 Å². The van der Waals surface area contributed by atoms with Gasteiger partial charge in [-0.2, -0.15) is 4.52 Å². The highest BCUT2D eigenvalue weighted by atomic mass is 16.4. The lowest BCUT2D eigenvalue weighted by atomic mass is 10.0. The number of carboxylic acids is 1. The van der Waals surface area contributed by atoms with Crippen LogP contribution in [0.3, 0.4) is 0 Å². The van der Waals surface area contributed by atoms with Gasteiger partial charge >= 0.3 is 5.97 Å². The second kappa shape index (κ2) is 3.90. The minimum atomic E-state index is -0.829. The van der Waals surface area contributed by atoms with Crippen molar-refractivity contribution in [1.29, 1.82) is 0 Å². The lowest BCUT2D eigenvalue weighted by Crippen LogP contribution is -2.40. The molecular formula is C10H12N6O2. The molecule has 0 radical (unpaired) electrons. The van der Waals surface area contributed by atoms with Gasteiger partial charge in [0, 0.05) is 6.54 Å². The normalized spacial score (nSPS) is 23.7. The van der Waals surface area contributed by atoms with E-state index in [1.54, 1.807) is 17.3 Å². The Hall–Kier alpha value is -2.25. The smallest absolute Gasteiger partial charge is 0.326 e. The third-order valence-corrected chi connectivity index (χ3v) is 3.34. The Labute approximate surface area is 102 Å². The van der Waals surface area contributed by atoms with E-state index in [1.165, 1.54) is 4.52 Å². The fraction of sp³-hybridized carbons (Fsp3) is 0.500. The van der Waals surface area contributed by atoms with Crippen molar-refractivity contribution in [2.45, 2.75) is 19.4 Å². The molecule has 3 heterocycles. The van der Waals surface area contributed by atoms with Gasteiger partial charge in [-0.1, -0.05) is 6.92 Å².